The van der Waals surface area contributed by atoms with Crippen molar-refractivity contribution >= 4 is 11.6 Å². The summed E-state index contributed by atoms with van der Waals surface area (Å²) in [5, 5.41) is 8.73. The van der Waals surface area contributed by atoms with Gasteiger partial charge in [0.25, 0.3) is 0 Å². The van der Waals surface area contributed by atoms with Gasteiger partial charge in [-0.25, -0.2) is 0 Å². The van der Waals surface area contributed by atoms with Crippen LogP contribution in [0.25, 0.3) is 11.5 Å². The number of hydrogen-bond acceptors (Lipinski definition) is 5. The first kappa shape index (κ1) is 18.3. The van der Waals surface area contributed by atoms with Gasteiger partial charge in [-0.1, -0.05) is 23.7 Å². The number of nitrogens with zero attached hydrogens (tertiary/aromatic N) is 3. The highest BCUT2D eigenvalue weighted by Gasteiger charge is 2.11. The lowest BCUT2D eigenvalue weighted by Gasteiger charge is -2.14. The van der Waals surface area contributed by atoms with Gasteiger partial charge in [0.1, 0.15) is 5.75 Å². The molecule has 0 radical (unpaired) electrons. The highest BCUT2D eigenvalue weighted by Crippen LogP contribution is 2.21. The Balaban J connectivity index is 1.58. The highest BCUT2D eigenvalue weighted by molar-refractivity contribution is 6.30. The molecule has 0 aliphatic heterocycles. The normalized spacial score (nSPS) is 11.3. The Bertz CT molecular complexity index is 838. The Morgan fingerprint density at radius 3 is 2.38 bits per heavy atom. The summed E-state index contributed by atoms with van der Waals surface area (Å²) in [7, 11) is 1.90. The highest BCUT2D eigenvalue weighted by atomic mass is 35.5. The smallest absolute Gasteiger partial charge is 0.387 e. The van der Waals surface area contributed by atoms with Crippen molar-refractivity contribution < 1.29 is 17.9 Å². The Labute approximate surface area is 154 Å². The Kier molecular flexibility index (Phi) is 5.80. The third-order valence-electron chi connectivity index (χ3n) is 3.56. The summed E-state index contributed by atoms with van der Waals surface area (Å²) >= 11 is 5.87. The summed E-state index contributed by atoms with van der Waals surface area (Å²) in [6, 6.07) is 13.6. The van der Waals surface area contributed by atoms with Crippen molar-refractivity contribution in [2.45, 2.75) is 19.7 Å². The topological polar surface area (TPSA) is 51.4 Å². The molecule has 0 saturated heterocycles. The quantitative estimate of drug-likeness (QED) is 0.599. The van der Waals surface area contributed by atoms with Crippen LogP contribution in [-0.4, -0.2) is 28.8 Å². The van der Waals surface area contributed by atoms with E-state index < -0.39 is 6.61 Å². The number of ether oxygens (including phenoxy) is 1. The number of hydrogen-bond donors (Lipinski definition) is 0. The molecule has 26 heavy (non-hydrogen) atoms. The molecule has 1 heterocycles. The van der Waals surface area contributed by atoms with Crippen LogP contribution in [0.4, 0.5) is 8.78 Å². The summed E-state index contributed by atoms with van der Waals surface area (Å²) in [6.45, 7) is -1.78. The molecule has 5 nitrogen and oxygen atoms in total. The summed E-state index contributed by atoms with van der Waals surface area (Å²) in [5.41, 5.74) is 1.75. The van der Waals surface area contributed by atoms with Crippen LogP contribution < -0.4 is 4.74 Å². The van der Waals surface area contributed by atoms with Crippen molar-refractivity contribution in [2.75, 3.05) is 7.05 Å². The third-order valence-corrected chi connectivity index (χ3v) is 3.82. The lowest BCUT2D eigenvalue weighted by molar-refractivity contribution is -0.0498. The molecule has 0 bridgehead atoms. The zero-order valence-electron chi connectivity index (χ0n) is 13.9. The van der Waals surface area contributed by atoms with Crippen LogP contribution in [0.3, 0.4) is 0 Å². The summed E-state index contributed by atoms with van der Waals surface area (Å²) in [5.74, 6) is 1.05. The van der Waals surface area contributed by atoms with Crippen molar-refractivity contribution in [2.24, 2.45) is 0 Å². The third kappa shape index (κ3) is 5.00. The van der Waals surface area contributed by atoms with Crippen LogP contribution in [0.1, 0.15) is 11.5 Å². The Hall–Kier alpha value is -2.51. The van der Waals surface area contributed by atoms with Gasteiger partial charge in [-0.3, -0.25) is 4.90 Å². The molecule has 8 heteroatoms. The van der Waals surface area contributed by atoms with Crippen molar-refractivity contribution in [1.82, 2.24) is 15.1 Å². The van der Waals surface area contributed by atoms with E-state index in [4.69, 9.17) is 16.0 Å². The lowest BCUT2D eigenvalue weighted by atomic mass is 10.2. The predicted molar refractivity (Wildman–Crippen MR) is 93.0 cm³/mol. The average molecular weight is 380 g/mol. The molecule has 3 aromatic rings. The van der Waals surface area contributed by atoms with E-state index in [9.17, 15) is 8.78 Å². The van der Waals surface area contributed by atoms with E-state index in [0.717, 1.165) is 11.1 Å². The molecule has 0 N–H and O–H groups in total. The van der Waals surface area contributed by atoms with Gasteiger partial charge in [-0.05, 0) is 49.0 Å². The molecular formula is C18H16ClF2N3O2. The minimum atomic E-state index is -2.82. The van der Waals surface area contributed by atoms with E-state index in [1.54, 1.807) is 24.3 Å². The van der Waals surface area contributed by atoms with E-state index >= 15 is 0 Å². The molecule has 0 spiro atoms. The largest absolute Gasteiger partial charge is 0.435 e. The number of rotatable bonds is 7. The zero-order chi connectivity index (χ0) is 18.5. The molecule has 3 rings (SSSR count). The average Bonchev–Trinajstić information content (AvgIpc) is 3.05. The molecule has 0 aliphatic carbocycles. The molecule has 2 aromatic carbocycles. The fourth-order valence-electron chi connectivity index (χ4n) is 2.40. The van der Waals surface area contributed by atoms with Gasteiger partial charge in [0.2, 0.25) is 11.8 Å². The van der Waals surface area contributed by atoms with Gasteiger partial charge in [-0.2, -0.15) is 8.78 Å². The second-order valence-corrected chi connectivity index (χ2v) is 6.14. The Morgan fingerprint density at radius 2 is 1.73 bits per heavy atom. The van der Waals surface area contributed by atoms with E-state index in [0.29, 0.717) is 29.9 Å². The SMILES string of the molecule is CN(Cc1ccc(OC(F)F)cc1)Cc1nnc(-c2ccc(Cl)cc2)o1. The molecule has 0 aliphatic rings. The van der Waals surface area contributed by atoms with E-state index in [1.807, 2.05) is 24.1 Å². The molecule has 0 amide bonds. The maximum absolute atomic E-state index is 12.2. The molecule has 0 atom stereocenters. The van der Waals surface area contributed by atoms with Crippen LogP contribution in [-0.2, 0) is 13.1 Å². The number of alkyl halides is 2. The number of halogens is 3. The van der Waals surface area contributed by atoms with Gasteiger partial charge < -0.3 is 9.15 Å². The maximum atomic E-state index is 12.2. The molecule has 1 aromatic heterocycles. The second kappa shape index (κ2) is 8.25. The van der Waals surface area contributed by atoms with Crippen molar-refractivity contribution in [1.29, 1.82) is 0 Å². The van der Waals surface area contributed by atoms with Gasteiger partial charge in [0.15, 0.2) is 0 Å². The maximum Gasteiger partial charge on any atom is 0.387 e. The first-order valence-electron chi connectivity index (χ1n) is 7.80. The van der Waals surface area contributed by atoms with Crippen LogP contribution in [0.5, 0.6) is 5.75 Å². The fourth-order valence-corrected chi connectivity index (χ4v) is 2.53. The molecule has 0 saturated carbocycles. The fraction of sp³-hybridized carbons (Fsp3) is 0.222. The summed E-state index contributed by atoms with van der Waals surface area (Å²) in [4.78, 5) is 1.97. The summed E-state index contributed by atoms with van der Waals surface area (Å²) < 4.78 is 34.3. The molecule has 136 valence electrons. The molecule has 0 unspecified atom stereocenters. The van der Waals surface area contributed by atoms with Gasteiger partial charge in [-0.15, -0.1) is 10.2 Å². The van der Waals surface area contributed by atoms with Gasteiger partial charge in [0, 0.05) is 17.1 Å². The van der Waals surface area contributed by atoms with Crippen LogP contribution >= 0.6 is 11.6 Å². The first-order valence-corrected chi connectivity index (χ1v) is 8.18. The van der Waals surface area contributed by atoms with Crippen LogP contribution in [0, 0.1) is 0 Å². The van der Waals surface area contributed by atoms with E-state index in [1.165, 1.54) is 12.1 Å². The van der Waals surface area contributed by atoms with Gasteiger partial charge in [0.05, 0.1) is 6.54 Å². The van der Waals surface area contributed by atoms with Crippen LogP contribution in [0.15, 0.2) is 52.9 Å². The Morgan fingerprint density at radius 1 is 1.04 bits per heavy atom. The minimum Gasteiger partial charge on any atom is -0.435 e. The second-order valence-electron chi connectivity index (χ2n) is 5.70. The molecular weight excluding hydrogens is 364 g/mol. The standard InChI is InChI=1S/C18H16ClF2N3O2/c1-24(10-12-2-8-15(9-3-12)25-18(20)21)11-16-22-23-17(26-16)13-4-6-14(19)7-5-13/h2-9,18H,10-11H2,1H3. The van der Waals surface area contributed by atoms with E-state index in [2.05, 4.69) is 14.9 Å². The van der Waals surface area contributed by atoms with Crippen molar-refractivity contribution in [3.63, 3.8) is 0 Å². The molecule has 0 fully saturated rings. The zero-order valence-corrected chi connectivity index (χ0v) is 14.7. The number of aromatic nitrogens is 2. The van der Waals surface area contributed by atoms with E-state index in [-0.39, 0.29) is 5.75 Å². The monoisotopic (exact) mass is 379 g/mol. The van der Waals surface area contributed by atoms with Gasteiger partial charge >= 0.3 is 6.61 Å². The minimum absolute atomic E-state index is 0.135. The van der Waals surface area contributed by atoms with Crippen LogP contribution in [0.2, 0.25) is 5.02 Å². The predicted octanol–water partition coefficient (Wildman–Crippen LogP) is 4.62. The summed E-state index contributed by atoms with van der Waals surface area (Å²) in [6.07, 6.45) is 0. The number of benzene rings is 2. The van der Waals surface area contributed by atoms with Crippen molar-refractivity contribution in [3.8, 4) is 17.2 Å². The first-order chi connectivity index (χ1) is 12.5. The van der Waals surface area contributed by atoms with Crippen molar-refractivity contribution in [3.05, 3.63) is 65.0 Å². The lowest BCUT2D eigenvalue weighted by Crippen LogP contribution is -2.17.